The van der Waals surface area contributed by atoms with Gasteiger partial charge < -0.3 is 0 Å². The van der Waals surface area contributed by atoms with Gasteiger partial charge >= 0.3 is 0 Å². The van der Waals surface area contributed by atoms with Crippen LogP contribution < -0.4 is 0 Å². The van der Waals surface area contributed by atoms with E-state index in [4.69, 9.17) is 0 Å². The van der Waals surface area contributed by atoms with Crippen molar-refractivity contribution in [2.24, 2.45) is 5.92 Å². The first-order valence-corrected chi connectivity index (χ1v) is 3.82. The summed E-state index contributed by atoms with van der Waals surface area (Å²) in [4.78, 5) is 3.80. The second kappa shape index (κ2) is 3.87. The lowest BCUT2D eigenvalue weighted by Crippen LogP contribution is -1.88. The second-order valence-electron chi connectivity index (χ2n) is 2.76. The van der Waals surface area contributed by atoms with Gasteiger partial charge in [0, 0.05) is 12.1 Å². The van der Waals surface area contributed by atoms with Crippen LogP contribution in [0.15, 0.2) is 18.3 Å². The average molecular weight is 163 g/mol. The van der Waals surface area contributed by atoms with Gasteiger partial charge in [-0.05, 0) is 18.1 Å². The zero-order valence-corrected chi connectivity index (χ0v) is 7.13. The Kier molecular flexibility index (Phi) is 2.82. The van der Waals surface area contributed by atoms with Crippen LogP contribution in [0.5, 0.6) is 0 Å². The number of hydrogen-bond donors (Lipinski definition) is 0. The second-order valence-corrected chi connectivity index (χ2v) is 2.76. The van der Waals surface area contributed by atoms with Crippen molar-refractivity contribution in [1.82, 2.24) is 4.98 Å². The molecule has 0 unspecified atom stereocenters. The Morgan fingerprint density at radius 2 is 2.25 bits per heavy atom. The van der Waals surface area contributed by atoms with Gasteiger partial charge in [-0.2, -0.15) is 0 Å². The molecule has 0 amide bonds. The molecule has 1 aromatic heterocycles. The Balaban J connectivity index is 2.92. The fraction of sp³-hybridized carbons (Fsp3) is 0.300. The molecular weight excluding hydrogens is 153 g/mol. The minimum Gasteiger partial charge on any atom is -0.245 e. The quantitative estimate of drug-likeness (QED) is 0.534. The predicted molar refractivity (Wildman–Crippen MR) is 45.9 cm³/mol. The van der Waals surface area contributed by atoms with Crippen molar-refractivity contribution < 1.29 is 4.39 Å². The van der Waals surface area contributed by atoms with Gasteiger partial charge in [0.25, 0.3) is 0 Å². The molecule has 0 spiro atoms. The molecule has 12 heavy (non-hydrogen) atoms. The van der Waals surface area contributed by atoms with E-state index in [-0.39, 0.29) is 17.4 Å². The predicted octanol–water partition coefficient (Wildman–Crippen LogP) is 2.23. The molecule has 0 atom stereocenters. The van der Waals surface area contributed by atoms with Gasteiger partial charge in [0.05, 0.1) is 0 Å². The number of hydrogen-bond acceptors (Lipinski definition) is 1. The molecule has 0 aliphatic heterocycles. The van der Waals surface area contributed by atoms with Gasteiger partial charge in [-0.1, -0.05) is 19.8 Å². The molecule has 0 radical (unpaired) electrons. The van der Waals surface area contributed by atoms with Crippen LogP contribution in [-0.4, -0.2) is 4.98 Å². The van der Waals surface area contributed by atoms with Crippen molar-refractivity contribution in [3.05, 3.63) is 29.8 Å². The van der Waals surface area contributed by atoms with Gasteiger partial charge in [0.1, 0.15) is 5.69 Å². The summed E-state index contributed by atoms with van der Waals surface area (Å²) in [5.74, 6) is 5.41. The van der Waals surface area contributed by atoms with E-state index < -0.39 is 0 Å². The summed E-state index contributed by atoms with van der Waals surface area (Å²) >= 11 is 0. The number of pyridine rings is 1. The third-order valence-corrected chi connectivity index (χ3v) is 1.24. The van der Waals surface area contributed by atoms with E-state index in [1.807, 2.05) is 13.8 Å². The standard InChI is InChI=1S/C10H10FN/c1-8(2)5-6-10-9(11)4-3-7-12-10/h3-4,7-8H,1-2H3. The lowest BCUT2D eigenvalue weighted by Gasteiger charge is -1.91. The van der Waals surface area contributed by atoms with Crippen LogP contribution in [0.2, 0.25) is 0 Å². The molecule has 0 saturated carbocycles. The highest BCUT2D eigenvalue weighted by Gasteiger charge is 1.96. The normalized spacial score (nSPS) is 9.33. The van der Waals surface area contributed by atoms with Crippen LogP contribution in [-0.2, 0) is 0 Å². The van der Waals surface area contributed by atoms with Gasteiger partial charge in [0.2, 0.25) is 0 Å². The van der Waals surface area contributed by atoms with E-state index in [1.165, 1.54) is 12.3 Å². The van der Waals surface area contributed by atoms with E-state index in [2.05, 4.69) is 16.8 Å². The summed E-state index contributed by atoms with van der Waals surface area (Å²) in [7, 11) is 0. The Bertz CT molecular complexity index is 320. The molecule has 0 saturated heterocycles. The summed E-state index contributed by atoms with van der Waals surface area (Å²) in [5, 5.41) is 0. The molecule has 0 fully saturated rings. The maximum Gasteiger partial charge on any atom is 0.157 e. The Morgan fingerprint density at radius 1 is 1.50 bits per heavy atom. The molecule has 0 aliphatic rings. The molecule has 0 aliphatic carbocycles. The first-order chi connectivity index (χ1) is 5.70. The molecule has 0 aromatic carbocycles. The van der Waals surface area contributed by atoms with E-state index >= 15 is 0 Å². The first kappa shape index (κ1) is 8.73. The highest BCUT2D eigenvalue weighted by molar-refractivity contribution is 5.28. The lowest BCUT2D eigenvalue weighted by molar-refractivity contribution is 0.617. The molecule has 2 heteroatoms. The molecular formula is C10H10FN. The van der Waals surface area contributed by atoms with Crippen LogP contribution in [0.3, 0.4) is 0 Å². The molecule has 1 heterocycles. The average Bonchev–Trinajstić information content (AvgIpc) is 2.03. The molecule has 0 N–H and O–H groups in total. The third kappa shape index (κ3) is 2.35. The van der Waals surface area contributed by atoms with Crippen molar-refractivity contribution in [3.8, 4) is 11.8 Å². The molecule has 1 nitrogen and oxygen atoms in total. The van der Waals surface area contributed by atoms with Gasteiger partial charge in [0.15, 0.2) is 5.82 Å². The summed E-state index contributed by atoms with van der Waals surface area (Å²) in [6, 6.07) is 2.91. The van der Waals surface area contributed by atoms with Crippen molar-refractivity contribution in [2.45, 2.75) is 13.8 Å². The van der Waals surface area contributed by atoms with Crippen LogP contribution in [0, 0.1) is 23.6 Å². The topological polar surface area (TPSA) is 12.9 Å². The lowest BCUT2D eigenvalue weighted by atomic mass is 10.2. The Morgan fingerprint density at radius 3 is 2.83 bits per heavy atom. The van der Waals surface area contributed by atoms with E-state index in [0.717, 1.165) is 0 Å². The third-order valence-electron chi connectivity index (χ3n) is 1.24. The minimum absolute atomic E-state index is 0.228. The van der Waals surface area contributed by atoms with Crippen LogP contribution in [0.1, 0.15) is 19.5 Å². The zero-order valence-electron chi connectivity index (χ0n) is 7.13. The van der Waals surface area contributed by atoms with E-state index in [9.17, 15) is 4.39 Å². The number of halogens is 1. The monoisotopic (exact) mass is 163 g/mol. The van der Waals surface area contributed by atoms with Gasteiger partial charge in [-0.15, -0.1) is 0 Å². The van der Waals surface area contributed by atoms with Crippen molar-refractivity contribution in [1.29, 1.82) is 0 Å². The summed E-state index contributed by atoms with van der Waals surface area (Å²) in [6.07, 6.45) is 1.54. The van der Waals surface area contributed by atoms with Crippen molar-refractivity contribution in [2.75, 3.05) is 0 Å². The van der Waals surface area contributed by atoms with Crippen molar-refractivity contribution >= 4 is 0 Å². The maximum atomic E-state index is 12.9. The van der Waals surface area contributed by atoms with Crippen LogP contribution >= 0.6 is 0 Å². The zero-order chi connectivity index (χ0) is 8.97. The smallest absolute Gasteiger partial charge is 0.157 e. The Hall–Kier alpha value is -1.36. The number of aromatic nitrogens is 1. The molecule has 62 valence electrons. The van der Waals surface area contributed by atoms with Gasteiger partial charge in [-0.25, -0.2) is 9.37 Å². The fourth-order valence-electron chi connectivity index (χ4n) is 0.690. The van der Waals surface area contributed by atoms with Crippen LogP contribution in [0.4, 0.5) is 4.39 Å². The fourth-order valence-corrected chi connectivity index (χ4v) is 0.690. The highest BCUT2D eigenvalue weighted by Crippen LogP contribution is 2.00. The highest BCUT2D eigenvalue weighted by atomic mass is 19.1. The Labute approximate surface area is 71.6 Å². The largest absolute Gasteiger partial charge is 0.245 e. The maximum absolute atomic E-state index is 12.9. The van der Waals surface area contributed by atoms with Crippen LogP contribution in [0.25, 0.3) is 0 Å². The van der Waals surface area contributed by atoms with Crippen molar-refractivity contribution in [3.63, 3.8) is 0 Å². The minimum atomic E-state index is -0.356. The first-order valence-electron chi connectivity index (χ1n) is 3.82. The summed E-state index contributed by atoms with van der Waals surface area (Å²) in [6.45, 7) is 3.90. The summed E-state index contributed by atoms with van der Waals surface area (Å²) in [5.41, 5.74) is 0.228. The molecule has 1 rings (SSSR count). The molecule has 1 aromatic rings. The SMILES string of the molecule is CC(C)C#Cc1ncccc1F. The number of rotatable bonds is 0. The van der Waals surface area contributed by atoms with E-state index in [0.29, 0.717) is 0 Å². The van der Waals surface area contributed by atoms with Gasteiger partial charge in [-0.3, -0.25) is 0 Å². The summed E-state index contributed by atoms with van der Waals surface area (Å²) < 4.78 is 12.9. The molecule has 0 bridgehead atoms. The van der Waals surface area contributed by atoms with E-state index in [1.54, 1.807) is 6.07 Å². The number of nitrogens with zero attached hydrogens (tertiary/aromatic N) is 1.